The number of hydrogen-bond acceptors (Lipinski definition) is 8. The Labute approximate surface area is 508 Å². The quantitative estimate of drug-likeness (QED) is 0.0893. The van der Waals surface area contributed by atoms with Gasteiger partial charge in [-0.15, -0.1) is 11.5 Å². The molecule has 2 heterocycles. The van der Waals surface area contributed by atoms with Gasteiger partial charge in [-0.2, -0.15) is 0 Å². The van der Waals surface area contributed by atoms with E-state index in [1.807, 2.05) is 88.4 Å². The third kappa shape index (κ3) is 16.4. The topological polar surface area (TPSA) is 121 Å². The molecule has 0 spiro atoms. The van der Waals surface area contributed by atoms with E-state index in [9.17, 15) is 10.2 Å². The summed E-state index contributed by atoms with van der Waals surface area (Å²) in [4.78, 5) is 29.5. The van der Waals surface area contributed by atoms with Gasteiger partial charge in [0.15, 0.2) is 0 Å². The molecular weight excluding hydrogens is 1100 g/mol. The molecule has 9 rings (SSSR count). The summed E-state index contributed by atoms with van der Waals surface area (Å²) >= 11 is 0. The van der Waals surface area contributed by atoms with E-state index >= 15 is 0 Å². The monoisotopic (exact) mass is 1180 g/mol. The summed E-state index contributed by atoms with van der Waals surface area (Å²) in [5.41, 5.74) is 21.3. The first-order valence-corrected chi connectivity index (χ1v) is 28.0. The van der Waals surface area contributed by atoms with E-state index in [-0.39, 0.29) is 33.6 Å². The van der Waals surface area contributed by atoms with Crippen molar-refractivity contribution in [1.29, 1.82) is 0 Å². The SMILES string of the molecule is CC(=Nc1ccc(C)cc1C(C)C)c1cccc(C(C)=Nc2ccc(C)cc2C(C)C)n1.CC(=Nc1ccc(C)cc1C(C)C)c1cccc(C(C)=Nc2ccc(C)cc2C(C)C)n1.[Co+].[Co+].[O-]c1c([O-])c2ccccc2c2ccccc12. The molecule has 10 heteroatoms. The molecule has 0 aliphatic heterocycles. The average molecular weight is 1180 g/mol. The molecule has 0 fully saturated rings. The van der Waals surface area contributed by atoms with Gasteiger partial charge in [0.05, 0.1) is 68.4 Å². The zero-order chi connectivity index (χ0) is 57.9. The number of nitrogens with zero attached hydrogens (tertiary/aromatic N) is 6. The minimum atomic E-state index is -0.408. The first-order chi connectivity index (χ1) is 38.1. The predicted molar refractivity (Wildman–Crippen MR) is 337 cm³/mol. The third-order valence-corrected chi connectivity index (χ3v) is 14.2. The second-order valence-corrected chi connectivity index (χ2v) is 22.2. The number of aliphatic imine (C=N–C) groups is 4. The Morgan fingerprint density at radius 2 is 0.537 bits per heavy atom. The molecule has 0 aliphatic carbocycles. The van der Waals surface area contributed by atoms with Crippen LogP contribution in [0.2, 0.25) is 0 Å². The maximum Gasteiger partial charge on any atom is 1.00 e. The number of fused-ring (bicyclic) bond motifs is 3. The minimum Gasteiger partial charge on any atom is -0.872 e. The third-order valence-electron chi connectivity index (χ3n) is 14.2. The Balaban J connectivity index is 0.000000234. The molecule has 0 saturated heterocycles. The molecule has 0 bridgehead atoms. The van der Waals surface area contributed by atoms with Crippen LogP contribution >= 0.6 is 0 Å². The Bertz CT molecular complexity index is 3390. The first-order valence-electron chi connectivity index (χ1n) is 28.0. The summed E-state index contributed by atoms with van der Waals surface area (Å²) in [5.74, 6) is 0.850. The van der Waals surface area contributed by atoms with Gasteiger partial charge in [-0.3, -0.25) is 20.0 Å². The summed E-state index contributed by atoms with van der Waals surface area (Å²) in [7, 11) is 0. The molecule has 82 heavy (non-hydrogen) atoms. The largest absolute Gasteiger partial charge is 1.00 e. The van der Waals surface area contributed by atoms with Crippen LogP contribution in [-0.4, -0.2) is 32.8 Å². The van der Waals surface area contributed by atoms with Gasteiger partial charge in [-0.25, -0.2) is 9.97 Å². The Morgan fingerprint density at radius 3 is 0.756 bits per heavy atom. The summed E-state index contributed by atoms with van der Waals surface area (Å²) < 4.78 is 0. The van der Waals surface area contributed by atoms with Gasteiger partial charge in [-0.1, -0.05) is 187 Å². The summed E-state index contributed by atoms with van der Waals surface area (Å²) in [6, 6.07) is 52.4. The van der Waals surface area contributed by atoms with Crippen LogP contribution in [0.3, 0.4) is 0 Å². The molecule has 7 aromatic carbocycles. The smallest absolute Gasteiger partial charge is 0.872 e. The molecule has 0 radical (unpaired) electrons. The van der Waals surface area contributed by atoms with Crippen LogP contribution in [0.15, 0.2) is 178 Å². The van der Waals surface area contributed by atoms with Crippen molar-refractivity contribution in [3.63, 3.8) is 0 Å². The van der Waals surface area contributed by atoms with Crippen LogP contribution in [0.25, 0.3) is 21.5 Å². The first kappa shape index (κ1) is 65.5. The summed E-state index contributed by atoms with van der Waals surface area (Å²) in [6.45, 7) is 34.3. The van der Waals surface area contributed by atoms with Gasteiger partial charge in [0.1, 0.15) is 0 Å². The summed E-state index contributed by atoms with van der Waals surface area (Å²) in [5, 5.41) is 26.4. The zero-order valence-electron chi connectivity index (χ0n) is 50.5. The van der Waals surface area contributed by atoms with E-state index in [1.165, 1.54) is 44.5 Å². The maximum atomic E-state index is 11.8. The molecule has 8 nitrogen and oxygen atoms in total. The molecule has 9 aromatic rings. The van der Waals surface area contributed by atoms with Crippen molar-refractivity contribution in [3.8, 4) is 11.5 Å². The molecule has 0 amide bonds. The van der Waals surface area contributed by atoms with Gasteiger partial charge in [-0.05, 0) is 171 Å². The van der Waals surface area contributed by atoms with E-state index in [2.05, 4.69) is 156 Å². The number of rotatable bonds is 12. The molecule has 426 valence electrons. The molecule has 0 unspecified atom stereocenters. The van der Waals surface area contributed by atoms with Crippen LogP contribution in [0.4, 0.5) is 22.7 Å². The second-order valence-electron chi connectivity index (χ2n) is 22.2. The zero-order valence-corrected chi connectivity index (χ0v) is 52.6. The number of aryl methyl sites for hydroxylation is 4. The molecule has 0 N–H and O–H groups in total. The fourth-order valence-corrected chi connectivity index (χ4v) is 9.66. The Kier molecular flexibility index (Phi) is 23.6. The normalized spacial score (nSPS) is 12.0. The van der Waals surface area contributed by atoms with Gasteiger partial charge in [0.25, 0.3) is 0 Å². The number of pyridine rings is 2. The number of aromatic nitrogens is 2. The van der Waals surface area contributed by atoms with Gasteiger partial charge >= 0.3 is 33.6 Å². The van der Waals surface area contributed by atoms with E-state index in [4.69, 9.17) is 29.9 Å². The van der Waals surface area contributed by atoms with Crippen molar-refractivity contribution in [3.05, 3.63) is 225 Å². The van der Waals surface area contributed by atoms with E-state index in [0.29, 0.717) is 34.4 Å². The second kappa shape index (κ2) is 29.6. The minimum absolute atomic E-state index is 0. The fourth-order valence-electron chi connectivity index (χ4n) is 9.66. The number of benzene rings is 7. The van der Waals surface area contributed by atoms with Crippen molar-refractivity contribution in [2.45, 2.75) is 134 Å². The van der Waals surface area contributed by atoms with Gasteiger partial charge in [0.2, 0.25) is 0 Å². The van der Waals surface area contributed by atoms with Crippen LogP contribution < -0.4 is 10.2 Å². The maximum absolute atomic E-state index is 11.8. The van der Waals surface area contributed by atoms with Gasteiger partial charge in [0, 0.05) is 0 Å². The average Bonchev–Trinajstić information content (AvgIpc) is 3.64. The van der Waals surface area contributed by atoms with Crippen LogP contribution in [0.5, 0.6) is 11.5 Å². The fraction of sp³-hybridized carbons (Fsp3) is 0.278. The Hall–Kier alpha value is -7.35. The van der Waals surface area contributed by atoms with E-state index in [0.717, 1.165) is 79.1 Å². The molecular formula is C72H78Co2N6O2. The van der Waals surface area contributed by atoms with Crippen LogP contribution in [0.1, 0.15) is 174 Å². The van der Waals surface area contributed by atoms with Crippen molar-refractivity contribution in [2.24, 2.45) is 20.0 Å². The molecule has 0 saturated carbocycles. The van der Waals surface area contributed by atoms with Crippen molar-refractivity contribution in [2.75, 3.05) is 0 Å². The van der Waals surface area contributed by atoms with Crippen molar-refractivity contribution >= 4 is 67.1 Å². The van der Waals surface area contributed by atoms with Crippen molar-refractivity contribution < 1.29 is 43.8 Å². The van der Waals surface area contributed by atoms with Gasteiger partial charge < -0.3 is 10.2 Å². The van der Waals surface area contributed by atoms with E-state index < -0.39 is 11.5 Å². The molecule has 0 atom stereocenters. The Morgan fingerprint density at radius 1 is 0.317 bits per heavy atom. The molecule has 0 aliphatic rings. The number of hydrogen-bond donors (Lipinski definition) is 0. The van der Waals surface area contributed by atoms with Crippen LogP contribution in [-0.2, 0) is 33.6 Å². The van der Waals surface area contributed by atoms with E-state index in [1.54, 1.807) is 24.3 Å². The van der Waals surface area contributed by atoms with Crippen LogP contribution in [0, 0.1) is 27.7 Å². The standard InChI is InChI=1S/2C29H35N3.C14H10O2.2Co/c2*1-18(2)24-16-20(5)12-14-28(24)30-22(7)26-10-9-11-27(32-26)23(8)31-29-15-13-21(6)17-25(29)19(3)4;15-13-11-7-3-1-5-9(11)10-6-2-4-8-12(10)14(13)16;;/h2*9-19H,1-8H3;1-8,15-16H;;/q;;;2*+1/p-2. The van der Waals surface area contributed by atoms with Crippen molar-refractivity contribution in [1.82, 2.24) is 9.97 Å². The summed E-state index contributed by atoms with van der Waals surface area (Å²) in [6.07, 6.45) is 0. The molecule has 2 aromatic heterocycles. The predicted octanol–water partition coefficient (Wildman–Crippen LogP) is 18.6.